The number of nitrogens with one attached hydrogen (secondary N) is 1. The third-order valence-electron chi connectivity index (χ3n) is 4.07. The van der Waals surface area contributed by atoms with Gasteiger partial charge >= 0.3 is 0 Å². The molecule has 1 aliphatic carbocycles. The Labute approximate surface area is 148 Å². The van der Waals surface area contributed by atoms with Crippen LogP contribution in [-0.2, 0) is 14.9 Å². The Morgan fingerprint density at radius 2 is 1.65 bits per heavy atom. The Kier molecular flexibility index (Phi) is 4.13. The lowest BCUT2D eigenvalue weighted by Gasteiger charge is -2.23. The van der Waals surface area contributed by atoms with Crippen LogP contribution in [0.4, 0.5) is 11.4 Å². The molecular formula is C17H14N2O6S. The maximum absolute atomic E-state index is 12.9. The Morgan fingerprint density at radius 1 is 1.12 bits per heavy atom. The van der Waals surface area contributed by atoms with Gasteiger partial charge in [-0.3, -0.25) is 18.9 Å². The van der Waals surface area contributed by atoms with E-state index in [0.29, 0.717) is 0 Å². The zero-order valence-corrected chi connectivity index (χ0v) is 14.4. The first kappa shape index (κ1) is 17.8. The average Bonchev–Trinajstić information content (AvgIpc) is 2.59. The van der Waals surface area contributed by atoms with Crippen molar-refractivity contribution in [2.24, 2.45) is 0 Å². The van der Waals surface area contributed by atoms with Crippen molar-refractivity contribution in [2.75, 3.05) is 11.1 Å². The van der Waals surface area contributed by atoms with Crippen molar-refractivity contribution in [3.63, 3.8) is 0 Å². The monoisotopic (exact) mass is 374 g/mol. The number of ketones is 2. The standard InChI is InChI=1S/C17H14N2O6S/c1-2-12(20)19-10-7-11(26(23,24)25)15(18)14-13(10)16(21)8-5-3-4-6-9(8)17(14)22/h3-7H,2,18H2,1H3,(H,19,20)(H,23,24,25). The van der Waals surface area contributed by atoms with Crippen LogP contribution >= 0.6 is 0 Å². The number of nitrogens with two attached hydrogens (primary N) is 1. The third kappa shape index (κ3) is 2.67. The van der Waals surface area contributed by atoms with Gasteiger partial charge in [0.05, 0.1) is 22.5 Å². The van der Waals surface area contributed by atoms with Crippen LogP contribution < -0.4 is 11.1 Å². The van der Waals surface area contributed by atoms with Crippen LogP contribution in [0.1, 0.15) is 45.2 Å². The van der Waals surface area contributed by atoms with Crippen LogP contribution in [0.15, 0.2) is 35.2 Å². The second-order valence-electron chi connectivity index (χ2n) is 5.67. The highest BCUT2D eigenvalue weighted by molar-refractivity contribution is 7.86. The molecule has 2 aromatic rings. The van der Waals surface area contributed by atoms with E-state index in [4.69, 9.17) is 5.73 Å². The normalized spacial score (nSPS) is 13.2. The maximum Gasteiger partial charge on any atom is 0.296 e. The number of anilines is 2. The molecule has 1 aliphatic rings. The minimum Gasteiger partial charge on any atom is -0.397 e. The van der Waals surface area contributed by atoms with Gasteiger partial charge in [0.25, 0.3) is 10.1 Å². The molecule has 0 aliphatic heterocycles. The molecule has 9 heteroatoms. The number of nitrogen functional groups attached to an aromatic ring is 1. The third-order valence-corrected chi connectivity index (χ3v) is 4.97. The summed E-state index contributed by atoms with van der Waals surface area (Å²) < 4.78 is 32.7. The SMILES string of the molecule is CCC(=O)Nc1cc(S(=O)(=O)O)c(N)c2c1C(=O)c1ccccc1C2=O. The number of amides is 1. The van der Waals surface area contributed by atoms with E-state index in [9.17, 15) is 27.4 Å². The van der Waals surface area contributed by atoms with E-state index in [1.54, 1.807) is 19.1 Å². The second kappa shape index (κ2) is 6.04. The van der Waals surface area contributed by atoms with Crippen molar-refractivity contribution in [1.82, 2.24) is 0 Å². The molecule has 0 fully saturated rings. The molecule has 0 aromatic heterocycles. The van der Waals surface area contributed by atoms with Gasteiger partial charge in [0.15, 0.2) is 11.6 Å². The topological polar surface area (TPSA) is 144 Å². The van der Waals surface area contributed by atoms with Gasteiger partial charge in [0, 0.05) is 17.5 Å². The van der Waals surface area contributed by atoms with Gasteiger partial charge in [-0.1, -0.05) is 31.2 Å². The molecule has 134 valence electrons. The Hall–Kier alpha value is -3.04. The number of carbonyl (C=O) groups excluding carboxylic acids is 3. The quantitative estimate of drug-likeness (QED) is 0.467. The molecule has 3 rings (SSSR count). The molecule has 0 spiro atoms. The van der Waals surface area contributed by atoms with Crippen molar-refractivity contribution in [3.05, 3.63) is 52.6 Å². The molecule has 0 radical (unpaired) electrons. The fourth-order valence-corrected chi connectivity index (χ4v) is 3.49. The van der Waals surface area contributed by atoms with Crippen LogP contribution in [0.5, 0.6) is 0 Å². The van der Waals surface area contributed by atoms with E-state index in [2.05, 4.69) is 5.32 Å². The van der Waals surface area contributed by atoms with Crippen molar-refractivity contribution in [2.45, 2.75) is 18.2 Å². The first-order valence-electron chi connectivity index (χ1n) is 7.59. The molecule has 0 saturated heterocycles. The van der Waals surface area contributed by atoms with E-state index in [1.807, 2.05) is 0 Å². The lowest BCUT2D eigenvalue weighted by atomic mass is 9.82. The fraction of sp³-hybridized carbons (Fsp3) is 0.118. The summed E-state index contributed by atoms with van der Waals surface area (Å²) in [5.41, 5.74) is 4.72. The summed E-state index contributed by atoms with van der Waals surface area (Å²) in [6, 6.07) is 6.89. The summed E-state index contributed by atoms with van der Waals surface area (Å²) in [4.78, 5) is 36.8. The van der Waals surface area contributed by atoms with Gasteiger partial charge in [-0.2, -0.15) is 8.42 Å². The molecule has 0 saturated carbocycles. The van der Waals surface area contributed by atoms with Gasteiger partial charge < -0.3 is 11.1 Å². The van der Waals surface area contributed by atoms with Crippen LogP contribution in [0.25, 0.3) is 0 Å². The van der Waals surface area contributed by atoms with E-state index in [1.165, 1.54) is 12.1 Å². The van der Waals surface area contributed by atoms with Crippen LogP contribution in [0, 0.1) is 0 Å². The lowest BCUT2D eigenvalue weighted by molar-refractivity contribution is -0.115. The predicted octanol–water partition coefficient (Wildman–Crippen LogP) is 1.64. The van der Waals surface area contributed by atoms with Crippen LogP contribution in [0.2, 0.25) is 0 Å². The van der Waals surface area contributed by atoms with Gasteiger partial charge in [-0.05, 0) is 6.07 Å². The number of carbonyl (C=O) groups is 3. The average molecular weight is 374 g/mol. The maximum atomic E-state index is 12.9. The Balaban J connectivity index is 2.40. The number of fused-ring (bicyclic) bond motifs is 2. The first-order valence-corrected chi connectivity index (χ1v) is 9.03. The zero-order chi connectivity index (χ0) is 19.2. The summed E-state index contributed by atoms with van der Waals surface area (Å²) in [6.07, 6.45) is 0.0546. The van der Waals surface area contributed by atoms with Gasteiger partial charge in [-0.25, -0.2) is 0 Å². The first-order chi connectivity index (χ1) is 12.2. The Bertz CT molecular complexity index is 1090. The molecule has 4 N–H and O–H groups in total. The highest BCUT2D eigenvalue weighted by Crippen LogP contribution is 2.39. The van der Waals surface area contributed by atoms with Crippen molar-refractivity contribution in [1.29, 1.82) is 0 Å². The predicted molar refractivity (Wildman–Crippen MR) is 92.9 cm³/mol. The van der Waals surface area contributed by atoms with Crippen molar-refractivity contribution in [3.8, 4) is 0 Å². The molecule has 0 heterocycles. The number of rotatable bonds is 3. The van der Waals surface area contributed by atoms with Gasteiger partial charge in [0.2, 0.25) is 5.91 Å². The molecule has 2 aromatic carbocycles. The summed E-state index contributed by atoms with van der Waals surface area (Å²) >= 11 is 0. The molecule has 0 unspecified atom stereocenters. The summed E-state index contributed by atoms with van der Waals surface area (Å²) in [5, 5.41) is 2.40. The zero-order valence-electron chi connectivity index (χ0n) is 13.6. The van der Waals surface area contributed by atoms with Crippen molar-refractivity contribution >= 4 is 39.0 Å². The molecule has 0 atom stereocenters. The second-order valence-corrected chi connectivity index (χ2v) is 7.06. The number of benzene rings is 2. The van der Waals surface area contributed by atoms with E-state index in [-0.39, 0.29) is 34.4 Å². The van der Waals surface area contributed by atoms with E-state index in [0.717, 1.165) is 6.07 Å². The summed E-state index contributed by atoms with van der Waals surface area (Å²) in [5.74, 6) is -1.74. The fourth-order valence-electron chi connectivity index (χ4n) is 2.84. The molecule has 8 nitrogen and oxygen atoms in total. The minimum atomic E-state index is -4.79. The number of hydrogen-bond donors (Lipinski definition) is 3. The molecule has 1 amide bonds. The molecular weight excluding hydrogens is 360 g/mol. The highest BCUT2D eigenvalue weighted by Gasteiger charge is 2.36. The van der Waals surface area contributed by atoms with Crippen molar-refractivity contribution < 1.29 is 27.4 Å². The van der Waals surface area contributed by atoms with E-state index < -0.39 is 38.2 Å². The summed E-state index contributed by atoms with van der Waals surface area (Å²) in [7, 11) is -4.79. The largest absolute Gasteiger partial charge is 0.397 e. The Morgan fingerprint density at radius 3 is 2.15 bits per heavy atom. The smallest absolute Gasteiger partial charge is 0.296 e. The highest BCUT2D eigenvalue weighted by atomic mass is 32.2. The van der Waals surface area contributed by atoms with E-state index >= 15 is 0 Å². The minimum absolute atomic E-state index is 0.0546. The molecule has 26 heavy (non-hydrogen) atoms. The molecule has 0 bridgehead atoms. The van der Waals surface area contributed by atoms with Gasteiger partial charge in [-0.15, -0.1) is 0 Å². The summed E-state index contributed by atoms with van der Waals surface area (Å²) in [6.45, 7) is 1.56. The van der Waals surface area contributed by atoms with Crippen LogP contribution in [0.3, 0.4) is 0 Å². The van der Waals surface area contributed by atoms with Crippen LogP contribution in [-0.4, -0.2) is 30.4 Å². The van der Waals surface area contributed by atoms with Gasteiger partial charge in [0.1, 0.15) is 4.90 Å². The lowest BCUT2D eigenvalue weighted by Crippen LogP contribution is -2.26. The number of hydrogen-bond acceptors (Lipinski definition) is 6.